The standard InChI is InChI=1S/C12H22N4O2S/c1-2-8-16-9-11(12(13)15-16)19(17,18)14-7-6-10-4-3-5-10/h9-10,14H,2-8H2,1H3,(H2,13,15). The van der Waals surface area contributed by atoms with Crippen LogP contribution in [0.3, 0.4) is 0 Å². The number of aromatic nitrogens is 2. The van der Waals surface area contributed by atoms with Crippen LogP contribution in [0.2, 0.25) is 0 Å². The van der Waals surface area contributed by atoms with E-state index in [0.29, 0.717) is 19.0 Å². The number of anilines is 1. The summed E-state index contributed by atoms with van der Waals surface area (Å²) in [6, 6.07) is 0. The van der Waals surface area contributed by atoms with Crippen molar-refractivity contribution in [3.8, 4) is 0 Å². The molecule has 0 amide bonds. The summed E-state index contributed by atoms with van der Waals surface area (Å²) in [6.45, 7) is 3.15. The molecule has 1 aliphatic carbocycles. The fourth-order valence-electron chi connectivity index (χ4n) is 2.23. The molecule has 6 nitrogen and oxygen atoms in total. The molecule has 1 aromatic rings. The number of nitrogens with two attached hydrogens (primary N) is 1. The number of aryl methyl sites for hydroxylation is 1. The third kappa shape index (κ3) is 3.48. The van der Waals surface area contributed by atoms with Gasteiger partial charge in [-0.15, -0.1) is 0 Å². The summed E-state index contributed by atoms with van der Waals surface area (Å²) >= 11 is 0. The smallest absolute Gasteiger partial charge is 0.245 e. The minimum atomic E-state index is -3.53. The van der Waals surface area contributed by atoms with E-state index in [1.165, 1.54) is 25.5 Å². The topological polar surface area (TPSA) is 90.0 Å². The molecule has 0 radical (unpaired) electrons. The summed E-state index contributed by atoms with van der Waals surface area (Å²) in [6.07, 6.45) is 7.01. The molecule has 1 fully saturated rings. The Morgan fingerprint density at radius 3 is 2.84 bits per heavy atom. The van der Waals surface area contributed by atoms with Crippen LogP contribution >= 0.6 is 0 Å². The van der Waals surface area contributed by atoms with E-state index in [-0.39, 0.29) is 10.7 Å². The minimum absolute atomic E-state index is 0.0737. The molecular formula is C12H22N4O2S. The van der Waals surface area contributed by atoms with Gasteiger partial charge in [-0.25, -0.2) is 13.1 Å². The van der Waals surface area contributed by atoms with Crippen molar-refractivity contribution in [2.75, 3.05) is 12.3 Å². The van der Waals surface area contributed by atoms with Gasteiger partial charge in [0.2, 0.25) is 10.0 Å². The van der Waals surface area contributed by atoms with Gasteiger partial charge in [-0.3, -0.25) is 4.68 Å². The van der Waals surface area contributed by atoms with Gasteiger partial charge >= 0.3 is 0 Å². The average Bonchev–Trinajstić information content (AvgIpc) is 2.65. The van der Waals surface area contributed by atoms with Gasteiger partial charge in [-0.2, -0.15) is 5.10 Å². The molecule has 2 rings (SSSR count). The van der Waals surface area contributed by atoms with E-state index in [2.05, 4.69) is 9.82 Å². The highest BCUT2D eigenvalue weighted by Crippen LogP contribution is 2.29. The Labute approximate surface area is 114 Å². The zero-order valence-electron chi connectivity index (χ0n) is 11.3. The molecule has 1 aromatic heterocycles. The second kappa shape index (κ2) is 5.92. The summed E-state index contributed by atoms with van der Waals surface area (Å²) in [7, 11) is -3.53. The van der Waals surface area contributed by atoms with Crippen molar-refractivity contribution in [1.82, 2.24) is 14.5 Å². The Kier molecular flexibility index (Phi) is 4.46. The van der Waals surface area contributed by atoms with Crippen LogP contribution in [0, 0.1) is 5.92 Å². The fraction of sp³-hybridized carbons (Fsp3) is 0.750. The zero-order chi connectivity index (χ0) is 13.9. The molecular weight excluding hydrogens is 264 g/mol. The minimum Gasteiger partial charge on any atom is -0.381 e. The van der Waals surface area contributed by atoms with E-state index < -0.39 is 10.0 Å². The lowest BCUT2D eigenvalue weighted by molar-refractivity contribution is 0.297. The Bertz CT molecular complexity index is 520. The molecule has 19 heavy (non-hydrogen) atoms. The summed E-state index contributed by atoms with van der Waals surface area (Å²) in [5.74, 6) is 0.757. The predicted octanol–water partition coefficient (Wildman–Crippen LogP) is 1.34. The van der Waals surface area contributed by atoms with Crippen LogP contribution in [0.1, 0.15) is 39.0 Å². The van der Waals surface area contributed by atoms with E-state index in [9.17, 15) is 8.42 Å². The van der Waals surface area contributed by atoms with E-state index in [1.807, 2.05) is 6.92 Å². The van der Waals surface area contributed by atoms with Gasteiger partial charge < -0.3 is 5.73 Å². The second-order valence-corrected chi connectivity index (χ2v) is 6.86. The fourth-order valence-corrected chi connectivity index (χ4v) is 3.34. The average molecular weight is 286 g/mol. The van der Waals surface area contributed by atoms with Gasteiger partial charge in [-0.05, 0) is 18.8 Å². The Morgan fingerprint density at radius 1 is 1.53 bits per heavy atom. The molecule has 1 heterocycles. The molecule has 0 aromatic carbocycles. The summed E-state index contributed by atoms with van der Waals surface area (Å²) in [4.78, 5) is 0.0922. The van der Waals surface area contributed by atoms with Crippen LogP contribution in [0.25, 0.3) is 0 Å². The predicted molar refractivity (Wildman–Crippen MR) is 74.1 cm³/mol. The van der Waals surface area contributed by atoms with Crippen LogP contribution in [0.15, 0.2) is 11.1 Å². The van der Waals surface area contributed by atoms with Gasteiger partial charge in [-0.1, -0.05) is 26.2 Å². The van der Waals surface area contributed by atoms with Gasteiger partial charge in [0.1, 0.15) is 4.90 Å². The molecule has 3 N–H and O–H groups in total. The SMILES string of the molecule is CCCn1cc(S(=O)(=O)NCCC2CCC2)c(N)n1. The number of rotatable bonds is 7. The zero-order valence-corrected chi connectivity index (χ0v) is 12.1. The maximum absolute atomic E-state index is 12.1. The number of nitrogens with one attached hydrogen (secondary N) is 1. The lowest BCUT2D eigenvalue weighted by Gasteiger charge is -2.24. The maximum atomic E-state index is 12.1. The highest BCUT2D eigenvalue weighted by molar-refractivity contribution is 7.89. The van der Waals surface area contributed by atoms with Gasteiger partial charge in [0, 0.05) is 19.3 Å². The van der Waals surface area contributed by atoms with Crippen molar-refractivity contribution in [2.45, 2.75) is 50.5 Å². The first-order valence-corrected chi connectivity index (χ1v) is 8.34. The Balaban J connectivity index is 1.97. The normalized spacial score (nSPS) is 16.5. The van der Waals surface area contributed by atoms with E-state index >= 15 is 0 Å². The van der Waals surface area contributed by atoms with Crippen LogP contribution in [0.4, 0.5) is 5.82 Å². The van der Waals surface area contributed by atoms with Crippen molar-refractivity contribution >= 4 is 15.8 Å². The van der Waals surface area contributed by atoms with Crippen LogP contribution < -0.4 is 10.5 Å². The van der Waals surface area contributed by atoms with E-state index in [0.717, 1.165) is 12.8 Å². The molecule has 108 valence electrons. The number of nitrogen functional groups attached to an aromatic ring is 1. The largest absolute Gasteiger partial charge is 0.381 e. The molecule has 7 heteroatoms. The summed E-state index contributed by atoms with van der Waals surface area (Å²) in [5, 5.41) is 4.01. The lowest BCUT2D eigenvalue weighted by Crippen LogP contribution is -2.27. The molecule has 0 aliphatic heterocycles. The monoisotopic (exact) mass is 286 g/mol. The highest BCUT2D eigenvalue weighted by atomic mass is 32.2. The first-order chi connectivity index (χ1) is 9.03. The first-order valence-electron chi connectivity index (χ1n) is 6.85. The van der Waals surface area contributed by atoms with E-state index in [4.69, 9.17) is 5.73 Å². The number of hydrogen-bond acceptors (Lipinski definition) is 4. The molecule has 0 bridgehead atoms. The maximum Gasteiger partial charge on any atom is 0.245 e. The number of sulfonamides is 1. The second-order valence-electron chi connectivity index (χ2n) is 5.13. The molecule has 0 spiro atoms. The third-order valence-electron chi connectivity index (χ3n) is 3.57. The lowest BCUT2D eigenvalue weighted by atomic mass is 9.83. The number of nitrogens with zero attached hydrogens (tertiary/aromatic N) is 2. The van der Waals surface area contributed by atoms with Gasteiger partial charge in [0.05, 0.1) is 0 Å². The van der Waals surface area contributed by atoms with E-state index in [1.54, 1.807) is 4.68 Å². The molecule has 0 atom stereocenters. The van der Waals surface area contributed by atoms with Crippen molar-refractivity contribution in [2.24, 2.45) is 5.92 Å². The number of hydrogen-bond donors (Lipinski definition) is 2. The van der Waals surface area contributed by atoms with Crippen molar-refractivity contribution in [3.63, 3.8) is 0 Å². The Morgan fingerprint density at radius 2 is 2.26 bits per heavy atom. The van der Waals surface area contributed by atoms with Crippen LogP contribution in [-0.2, 0) is 16.6 Å². The summed E-state index contributed by atoms with van der Waals surface area (Å²) < 4.78 is 28.4. The quantitative estimate of drug-likeness (QED) is 0.791. The van der Waals surface area contributed by atoms with Crippen LogP contribution in [-0.4, -0.2) is 24.7 Å². The van der Waals surface area contributed by atoms with Crippen molar-refractivity contribution < 1.29 is 8.42 Å². The van der Waals surface area contributed by atoms with Gasteiger partial charge in [0.15, 0.2) is 5.82 Å². The molecule has 1 saturated carbocycles. The highest BCUT2D eigenvalue weighted by Gasteiger charge is 2.22. The summed E-state index contributed by atoms with van der Waals surface area (Å²) in [5.41, 5.74) is 5.68. The van der Waals surface area contributed by atoms with Crippen molar-refractivity contribution in [1.29, 1.82) is 0 Å². The Hall–Kier alpha value is -1.08. The molecule has 0 unspecified atom stereocenters. The molecule has 0 saturated heterocycles. The third-order valence-corrected chi connectivity index (χ3v) is 5.04. The van der Waals surface area contributed by atoms with Crippen molar-refractivity contribution in [3.05, 3.63) is 6.20 Å². The first kappa shape index (κ1) is 14.3. The van der Waals surface area contributed by atoms with Crippen LogP contribution in [0.5, 0.6) is 0 Å². The van der Waals surface area contributed by atoms with Gasteiger partial charge in [0.25, 0.3) is 0 Å². The molecule has 1 aliphatic rings.